The fourth-order valence-electron chi connectivity index (χ4n) is 1.69. The number of aliphatic imine (C=N–C) groups is 3. The Hall–Kier alpha value is -1.59. The van der Waals surface area contributed by atoms with Gasteiger partial charge in [0.2, 0.25) is 5.96 Å². The zero-order valence-corrected chi connectivity index (χ0v) is 13.6. The molecule has 0 bridgehead atoms. The van der Waals surface area contributed by atoms with E-state index in [0.717, 1.165) is 18.4 Å². The van der Waals surface area contributed by atoms with Gasteiger partial charge in [-0.1, -0.05) is 23.2 Å². The molecule has 1 aromatic rings. The van der Waals surface area contributed by atoms with Crippen molar-refractivity contribution in [2.45, 2.75) is 25.8 Å². The summed E-state index contributed by atoms with van der Waals surface area (Å²) in [5, 5.41) is 4.04. The Labute approximate surface area is 135 Å². The predicted octanol–water partition coefficient (Wildman–Crippen LogP) is 2.91. The van der Waals surface area contributed by atoms with Gasteiger partial charge in [-0.25, -0.2) is 9.98 Å². The number of halogens is 2. The predicted molar refractivity (Wildman–Crippen MR) is 91.9 cm³/mol. The summed E-state index contributed by atoms with van der Waals surface area (Å²) in [5.41, 5.74) is 6.64. The summed E-state index contributed by atoms with van der Waals surface area (Å²) in [6.07, 6.45) is 1.63. The van der Waals surface area contributed by atoms with Gasteiger partial charge in [0, 0.05) is 17.1 Å². The maximum atomic E-state index is 5.97. The summed E-state index contributed by atoms with van der Waals surface area (Å²) in [6, 6.07) is 5.55. The van der Waals surface area contributed by atoms with Crippen molar-refractivity contribution in [3.05, 3.63) is 33.8 Å². The van der Waals surface area contributed by atoms with Crippen LogP contribution in [0.3, 0.4) is 0 Å². The van der Waals surface area contributed by atoms with Crippen molar-refractivity contribution in [1.29, 1.82) is 0 Å². The highest BCUT2D eigenvalue weighted by Crippen LogP contribution is 2.20. The second kappa shape index (κ2) is 8.64. The third-order valence-corrected chi connectivity index (χ3v) is 3.18. The molecule has 0 aliphatic rings. The van der Waals surface area contributed by atoms with Gasteiger partial charge in [0.05, 0.1) is 6.04 Å². The van der Waals surface area contributed by atoms with Gasteiger partial charge >= 0.3 is 0 Å². The van der Waals surface area contributed by atoms with Gasteiger partial charge < -0.3 is 5.73 Å². The van der Waals surface area contributed by atoms with Gasteiger partial charge in [0.1, 0.15) is 0 Å². The SMILES string of the molecule is C=NC(=NC(C)CCc1cc(Cl)cc(Cl)c1)NC(N)=NC. The normalized spacial score (nSPS) is 13.9. The molecule has 0 heterocycles. The first-order valence-corrected chi connectivity index (χ1v) is 7.19. The lowest BCUT2D eigenvalue weighted by Crippen LogP contribution is -2.36. The highest BCUT2D eigenvalue weighted by molar-refractivity contribution is 6.34. The molecule has 0 aliphatic carbocycles. The second-order valence-corrected chi connectivity index (χ2v) is 5.38. The summed E-state index contributed by atoms with van der Waals surface area (Å²) in [4.78, 5) is 12.0. The van der Waals surface area contributed by atoms with E-state index in [1.165, 1.54) is 0 Å². The van der Waals surface area contributed by atoms with E-state index >= 15 is 0 Å². The zero-order chi connectivity index (χ0) is 15.8. The molecule has 3 N–H and O–H groups in total. The molecular weight excluding hydrogens is 309 g/mol. The van der Waals surface area contributed by atoms with Crippen molar-refractivity contribution in [2.24, 2.45) is 20.7 Å². The Morgan fingerprint density at radius 2 is 1.95 bits per heavy atom. The average Bonchev–Trinajstić information content (AvgIpc) is 2.43. The highest BCUT2D eigenvalue weighted by Gasteiger charge is 2.05. The number of nitrogens with two attached hydrogens (primary N) is 1. The van der Waals surface area contributed by atoms with Crippen LogP contribution in [0.1, 0.15) is 18.9 Å². The molecule has 1 atom stereocenters. The molecule has 1 unspecified atom stereocenters. The van der Waals surface area contributed by atoms with Crippen LogP contribution >= 0.6 is 23.2 Å². The van der Waals surface area contributed by atoms with E-state index in [-0.39, 0.29) is 12.0 Å². The number of nitrogens with one attached hydrogen (secondary N) is 1. The number of nitrogens with zero attached hydrogens (tertiary/aromatic N) is 3. The Morgan fingerprint density at radius 3 is 2.48 bits per heavy atom. The molecular formula is C14H19Cl2N5. The first kappa shape index (κ1) is 17.5. The van der Waals surface area contributed by atoms with Crippen molar-refractivity contribution >= 4 is 41.8 Å². The van der Waals surface area contributed by atoms with E-state index in [2.05, 4.69) is 27.0 Å². The Bertz CT molecular complexity index is 534. The van der Waals surface area contributed by atoms with Crippen molar-refractivity contribution < 1.29 is 0 Å². The van der Waals surface area contributed by atoms with E-state index in [0.29, 0.717) is 16.0 Å². The fraction of sp³-hybridized carbons (Fsp3) is 0.357. The van der Waals surface area contributed by atoms with Crippen LogP contribution in [-0.2, 0) is 6.42 Å². The van der Waals surface area contributed by atoms with Crippen LogP contribution in [0.5, 0.6) is 0 Å². The Kier molecular flexibility index (Phi) is 7.19. The fourth-order valence-corrected chi connectivity index (χ4v) is 2.26. The zero-order valence-electron chi connectivity index (χ0n) is 12.1. The topological polar surface area (TPSA) is 75.1 Å². The maximum absolute atomic E-state index is 5.97. The molecule has 0 aliphatic heterocycles. The van der Waals surface area contributed by atoms with Crippen LogP contribution < -0.4 is 11.1 Å². The van der Waals surface area contributed by atoms with Gasteiger partial charge in [0.15, 0.2) is 5.96 Å². The van der Waals surface area contributed by atoms with Gasteiger partial charge in [-0.15, -0.1) is 0 Å². The third-order valence-electron chi connectivity index (χ3n) is 2.75. The molecule has 1 rings (SSSR count). The summed E-state index contributed by atoms with van der Waals surface area (Å²) < 4.78 is 0. The lowest BCUT2D eigenvalue weighted by molar-refractivity contribution is 0.665. The minimum absolute atomic E-state index is 0.0420. The summed E-state index contributed by atoms with van der Waals surface area (Å²) >= 11 is 11.9. The van der Waals surface area contributed by atoms with Crippen LogP contribution in [0.25, 0.3) is 0 Å². The molecule has 1 aromatic carbocycles. The molecule has 0 aromatic heterocycles. The monoisotopic (exact) mass is 327 g/mol. The first-order valence-electron chi connectivity index (χ1n) is 6.43. The van der Waals surface area contributed by atoms with Crippen LogP contribution in [0.2, 0.25) is 10.0 Å². The van der Waals surface area contributed by atoms with E-state index < -0.39 is 0 Å². The molecule has 0 saturated carbocycles. The summed E-state index contributed by atoms with van der Waals surface area (Å²) in [7, 11) is 1.58. The minimum atomic E-state index is 0.0420. The number of aryl methyl sites for hydroxylation is 1. The van der Waals surface area contributed by atoms with Crippen molar-refractivity contribution in [1.82, 2.24) is 5.32 Å². The van der Waals surface area contributed by atoms with Gasteiger partial charge in [-0.05, 0) is 50.2 Å². The number of hydrogen-bond donors (Lipinski definition) is 2. The van der Waals surface area contributed by atoms with Crippen LogP contribution in [0.15, 0.2) is 33.2 Å². The number of guanidine groups is 2. The summed E-state index contributed by atoms with van der Waals surface area (Å²) in [6.45, 7) is 5.44. The molecule has 7 heteroatoms. The Balaban J connectivity index is 2.63. The molecule has 21 heavy (non-hydrogen) atoms. The Morgan fingerprint density at radius 1 is 1.33 bits per heavy atom. The first-order chi connectivity index (χ1) is 9.94. The maximum Gasteiger partial charge on any atom is 0.224 e. The van der Waals surface area contributed by atoms with E-state index in [9.17, 15) is 0 Å². The molecule has 0 spiro atoms. The van der Waals surface area contributed by atoms with Gasteiger partial charge in [-0.2, -0.15) is 0 Å². The van der Waals surface area contributed by atoms with Crippen molar-refractivity contribution in [3.63, 3.8) is 0 Å². The van der Waals surface area contributed by atoms with E-state index in [1.54, 1.807) is 13.1 Å². The van der Waals surface area contributed by atoms with Crippen molar-refractivity contribution in [3.8, 4) is 0 Å². The minimum Gasteiger partial charge on any atom is -0.370 e. The smallest absolute Gasteiger partial charge is 0.224 e. The molecule has 0 radical (unpaired) electrons. The molecule has 0 fully saturated rings. The largest absolute Gasteiger partial charge is 0.370 e. The molecule has 0 amide bonds. The molecule has 114 valence electrons. The van der Waals surface area contributed by atoms with E-state index in [1.807, 2.05) is 19.1 Å². The van der Waals surface area contributed by atoms with Crippen molar-refractivity contribution in [2.75, 3.05) is 7.05 Å². The molecule has 0 saturated heterocycles. The summed E-state index contributed by atoms with van der Waals surface area (Å²) in [5.74, 6) is 0.602. The standard InChI is InChI=1S/C14H19Cl2N5/c1-9(20-14(19-3)21-13(17)18-2)4-5-10-6-11(15)8-12(16)7-10/h6-9H,3-5H2,1-2H3,(H3,17,18,20,21). The van der Waals surface area contributed by atoms with Crippen LogP contribution in [-0.4, -0.2) is 31.7 Å². The average molecular weight is 328 g/mol. The number of benzene rings is 1. The lowest BCUT2D eigenvalue weighted by Gasteiger charge is -2.10. The number of hydrogen-bond acceptors (Lipinski definition) is 2. The van der Waals surface area contributed by atoms with E-state index in [4.69, 9.17) is 28.9 Å². The quantitative estimate of drug-likeness (QED) is 0.659. The lowest BCUT2D eigenvalue weighted by atomic mass is 10.1. The van der Waals surface area contributed by atoms with Gasteiger partial charge in [0.25, 0.3) is 0 Å². The van der Waals surface area contributed by atoms with Gasteiger partial charge in [-0.3, -0.25) is 10.3 Å². The highest BCUT2D eigenvalue weighted by atomic mass is 35.5. The van der Waals surface area contributed by atoms with Crippen LogP contribution in [0.4, 0.5) is 0 Å². The number of rotatable bonds is 4. The third kappa shape index (κ3) is 6.60. The van der Waals surface area contributed by atoms with Crippen LogP contribution in [0, 0.1) is 0 Å². The second-order valence-electron chi connectivity index (χ2n) is 4.51. The molecule has 5 nitrogen and oxygen atoms in total.